The molecule has 1 fully saturated rings. The van der Waals surface area contributed by atoms with Crippen molar-refractivity contribution < 1.29 is 4.74 Å². The van der Waals surface area contributed by atoms with Crippen LogP contribution in [0.1, 0.15) is 18.4 Å². The second-order valence-electron chi connectivity index (χ2n) is 3.39. The highest BCUT2D eigenvalue weighted by molar-refractivity contribution is 5.45. The van der Waals surface area contributed by atoms with Crippen LogP contribution in [0.25, 0.3) is 6.08 Å². The van der Waals surface area contributed by atoms with Crippen molar-refractivity contribution in [3.05, 3.63) is 30.5 Å². The zero-order valence-corrected chi connectivity index (χ0v) is 7.57. The maximum absolute atomic E-state index is 5.48. The fraction of sp³-hybridized carbons (Fsp3) is 0.364. The number of rotatable bonds is 4. The first kappa shape index (κ1) is 8.30. The monoisotopic (exact) mass is 175 g/mol. The Labute approximate surface area is 78.3 Å². The third-order valence-electron chi connectivity index (χ3n) is 2.16. The minimum Gasteiger partial charge on any atom is -0.477 e. The van der Waals surface area contributed by atoms with Crippen LogP contribution >= 0.6 is 0 Å². The van der Waals surface area contributed by atoms with Gasteiger partial charge in [-0.1, -0.05) is 12.7 Å². The molecule has 2 nitrogen and oxygen atoms in total. The van der Waals surface area contributed by atoms with E-state index in [0.29, 0.717) is 0 Å². The van der Waals surface area contributed by atoms with Gasteiger partial charge in [-0.3, -0.25) is 0 Å². The van der Waals surface area contributed by atoms with Gasteiger partial charge in [0.05, 0.1) is 6.61 Å². The third-order valence-corrected chi connectivity index (χ3v) is 2.16. The minimum atomic E-state index is 0.720. The topological polar surface area (TPSA) is 22.1 Å². The molecule has 2 heteroatoms. The van der Waals surface area contributed by atoms with Crippen molar-refractivity contribution in [2.24, 2.45) is 5.92 Å². The number of hydrogen-bond acceptors (Lipinski definition) is 2. The maximum atomic E-state index is 5.48. The Hall–Kier alpha value is -1.31. The van der Waals surface area contributed by atoms with E-state index in [1.807, 2.05) is 12.1 Å². The van der Waals surface area contributed by atoms with Crippen LogP contribution in [0, 0.1) is 5.92 Å². The number of nitrogens with zero attached hydrogens (tertiary/aromatic N) is 1. The van der Waals surface area contributed by atoms with E-state index in [-0.39, 0.29) is 0 Å². The highest BCUT2D eigenvalue weighted by Gasteiger charge is 2.21. The smallest absolute Gasteiger partial charge is 0.213 e. The Bertz CT molecular complexity index is 287. The lowest BCUT2D eigenvalue weighted by Gasteiger charge is -2.03. The van der Waals surface area contributed by atoms with Crippen molar-refractivity contribution in [1.82, 2.24) is 4.98 Å². The van der Waals surface area contributed by atoms with Gasteiger partial charge in [0.1, 0.15) is 0 Å². The van der Waals surface area contributed by atoms with E-state index in [1.165, 1.54) is 12.8 Å². The predicted molar refractivity (Wildman–Crippen MR) is 52.5 cm³/mol. The first-order valence-electron chi connectivity index (χ1n) is 4.60. The van der Waals surface area contributed by atoms with Gasteiger partial charge in [-0.25, -0.2) is 4.98 Å². The van der Waals surface area contributed by atoms with Crippen LogP contribution in [-0.2, 0) is 0 Å². The molecule has 0 spiro atoms. The SMILES string of the molecule is C=Cc1ccc(OCC2CC2)nc1. The Morgan fingerprint density at radius 1 is 1.54 bits per heavy atom. The van der Waals surface area contributed by atoms with Gasteiger partial charge in [-0.05, 0) is 30.4 Å². The molecule has 0 bridgehead atoms. The molecule has 1 heterocycles. The van der Waals surface area contributed by atoms with Gasteiger partial charge in [0.15, 0.2) is 0 Å². The second-order valence-corrected chi connectivity index (χ2v) is 3.39. The summed E-state index contributed by atoms with van der Waals surface area (Å²) < 4.78 is 5.48. The van der Waals surface area contributed by atoms with E-state index >= 15 is 0 Å². The molecule has 1 aliphatic rings. The van der Waals surface area contributed by atoms with Crippen LogP contribution in [0.2, 0.25) is 0 Å². The van der Waals surface area contributed by atoms with Gasteiger partial charge in [-0.15, -0.1) is 0 Å². The van der Waals surface area contributed by atoms with E-state index in [1.54, 1.807) is 12.3 Å². The fourth-order valence-corrected chi connectivity index (χ4v) is 1.09. The van der Waals surface area contributed by atoms with Gasteiger partial charge in [0.25, 0.3) is 0 Å². The van der Waals surface area contributed by atoms with E-state index in [0.717, 1.165) is 24.0 Å². The van der Waals surface area contributed by atoms with E-state index in [4.69, 9.17) is 4.74 Å². The van der Waals surface area contributed by atoms with E-state index < -0.39 is 0 Å². The number of pyridine rings is 1. The van der Waals surface area contributed by atoms with Crippen molar-refractivity contribution in [2.75, 3.05) is 6.61 Å². The summed E-state index contributed by atoms with van der Waals surface area (Å²) in [7, 11) is 0. The molecule has 0 atom stereocenters. The predicted octanol–water partition coefficient (Wildman–Crippen LogP) is 2.51. The first-order chi connectivity index (χ1) is 6.38. The highest BCUT2D eigenvalue weighted by atomic mass is 16.5. The summed E-state index contributed by atoms with van der Waals surface area (Å²) in [4.78, 5) is 4.16. The highest BCUT2D eigenvalue weighted by Crippen LogP contribution is 2.29. The maximum Gasteiger partial charge on any atom is 0.213 e. The van der Waals surface area contributed by atoms with E-state index in [9.17, 15) is 0 Å². The molecule has 0 aromatic carbocycles. The third kappa shape index (κ3) is 2.31. The molecular weight excluding hydrogens is 162 g/mol. The van der Waals surface area contributed by atoms with Gasteiger partial charge in [-0.2, -0.15) is 0 Å². The summed E-state index contributed by atoms with van der Waals surface area (Å²) in [5, 5.41) is 0. The van der Waals surface area contributed by atoms with Gasteiger partial charge in [0, 0.05) is 12.3 Å². The second kappa shape index (κ2) is 3.60. The van der Waals surface area contributed by atoms with Crippen molar-refractivity contribution in [2.45, 2.75) is 12.8 Å². The van der Waals surface area contributed by atoms with Crippen molar-refractivity contribution in [1.29, 1.82) is 0 Å². The van der Waals surface area contributed by atoms with Crippen LogP contribution in [0.4, 0.5) is 0 Å². The van der Waals surface area contributed by atoms with Gasteiger partial charge < -0.3 is 4.74 Å². The average molecular weight is 175 g/mol. The van der Waals surface area contributed by atoms with Crippen LogP contribution in [0.5, 0.6) is 5.88 Å². The molecule has 0 saturated heterocycles. The van der Waals surface area contributed by atoms with Crippen LogP contribution in [-0.4, -0.2) is 11.6 Å². The Kier molecular flexibility index (Phi) is 2.30. The van der Waals surface area contributed by atoms with E-state index in [2.05, 4.69) is 11.6 Å². The van der Waals surface area contributed by atoms with Gasteiger partial charge >= 0.3 is 0 Å². The molecule has 0 aliphatic heterocycles. The quantitative estimate of drug-likeness (QED) is 0.701. The lowest BCUT2D eigenvalue weighted by Crippen LogP contribution is -2.00. The van der Waals surface area contributed by atoms with Crippen molar-refractivity contribution in [3.8, 4) is 5.88 Å². The summed E-state index contributed by atoms with van der Waals surface area (Å²) >= 11 is 0. The van der Waals surface area contributed by atoms with Gasteiger partial charge in [0.2, 0.25) is 5.88 Å². The molecular formula is C11H13NO. The van der Waals surface area contributed by atoms with Crippen LogP contribution in [0.3, 0.4) is 0 Å². The molecule has 13 heavy (non-hydrogen) atoms. The van der Waals surface area contributed by atoms with Crippen LogP contribution in [0.15, 0.2) is 24.9 Å². The normalized spacial score (nSPS) is 15.4. The zero-order valence-electron chi connectivity index (χ0n) is 7.57. The van der Waals surface area contributed by atoms with Crippen LogP contribution < -0.4 is 4.74 Å². The van der Waals surface area contributed by atoms with Crippen molar-refractivity contribution in [3.63, 3.8) is 0 Å². The summed E-state index contributed by atoms with van der Waals surface area (Å²) in [6, 6.07) is 3.85. The summed E-state index contributed by atoms with van der Waals surface area (Å²) in [5.41, 5.74) is 1.03. The summed E-state index contributed by atoms with van der Waals surface area (Å²) in [5.74, 6) is 1.50. The Balaban J connectivity index is 1.91. The van der Waals surface area contributed by atoms with Crippen molar-refractivity contribution >= 4 is 6.08 Å². The first-order valence-corrected chi connectivity index (χ1v) is 4.60. The fourth-order valence-electron chi connectivity index (χ4n) is 1.09. The number of ether oxygens (including phenoxy) is 1. The molecule has 0 N–H and O–H groups in total. The summed E-state index contributed by atoms with van der Waals surface area (Å²) in [6.45, 7) is 4.48. The molecule has 0 radical (unpaired) electrons. The molecule has 68 valence electrons. The number of hydrogen-bond donors (Lipinski definition) is 0. The number of aromatic nitrogens is 1. The largest absolute Gasteiger partial charge is 0.477 e. The summed E-state index contributed by atoms with van der Waals surface area (Å²) in [6.07, 6.45) is 6.17. The molecule has 0 amide bonds. The molecule has 1 aromatic heterocycles. The zero-order chi connectivity index (χ0) is 9.10. The molecule has 1 aromatic rings. The molecule has 1 aliphatic carbocycles. The minimum absolute atomic E-state index is 0.720. The molecule has 1 saturated carbocycles. The Morgan fingerprint density at radius 2 is 2.38 bits per heavy atom. The lowest BCUT2D eigenvalue weighted by molar-refractivity contribution is 0.288. The standard InChI is InChI=1S/C11H13NO/c1-2-9-5-6-11(12-7-9)13-8-10-3-4-10/h2,5-7,10H,1,3-4,8H2. The lowest BCUT2D eigenvalue weighted by atomic mass is 10.3. The molecule has 0 unspecified atom stereocenters. The Morgan fingerprint density at radius 3 is 2.92 bits per heavy atom. The average Bonchev–Trinajstić information content (AvgIpc) is 2.99. The molecule has 2 rings (SSSR count).